The van der Waals surface area contributed by atoms with Crippen molar-refractivity contribution in [1.29, 1.82) is 0 Å². The topological polar surface area (TPSA) is 27.7 Å². The van der Waals surface area contributed by atoms with Gasteiger partial charge in [0.25, 0.3) is 0 Å². The van der Waals surface area contributed by atoms with Gasteiger partial charge in [0.1, 0.15) is 0 Å². The number of hydrogen-bond donors (Lipinski definition) is 0. The second-order valence-corrected chi connectivity index (χ2v) is 6.48. The molecule has 1 rings (SSSR count). The first-order valence-electron chi connectivity index (χ1n) is 8.71. The lowest BCUT2D eigenvalue weighted by Crippen LogP contribution is -1.97. The number of allylic oxidation sites excluding steroid dienone is 2. The zero-order valence-corrected chi connectivity index (χ0v) is 15.8. The van der Waals surface area contributed by atoms with Crippen LogP contribution in [0.3, 0.4) is 0 Å². The lowest BCUT2D eigenvalue weighted by Gasteiger charge is -2.08. The minimum absolute atomic E-state index is 0.540. The molecule has 0 unspecified atom stereocenters. The van der Waals surface area contributed by atoms with E-state index < -0.39 is 0 Å². The predicted molar refractivity (Wildman–Crippen MR) is 102 cm³/mol. The Labute approximate surface area is 147 Å². The van der Waals surface area contributed by atoms with Crippen molar-refractivity contribution in [2.24, 2.45) is 5.92 Å². The number of unbranched alkanes of at least 4 members (excludes halogenated alkanes) is 1. The average molecular weight is 332 g/mol. The average Bonchev–Trinajstić information content (AvgIpc) is 2.57. The molecule has 0 saturated heterocycles. The van der Waals surface area contributed by atoms with E-state index in [9.17, 15) is 0 Å². The molecule has 0 aliphatic rings. The van der Waals surface area contributed by atoms with Crippen molar-refractivity contribution in [2.75, 3.05) is 26.9 Å². The summed E-state index contributed by atoms with van der Waals surface area (Å²) in [5.74, 6) is 0.540. The van der Waals surface area contributed by atoms with Gasteiger partial charge in [0.05, 0.1) is 25.7 Å². The van der Waals surface area contributed by atoms with Crippen molar-refractivity contribution in [3.05, 3.63) is 47.9 Å². The molecule has 3 nitrogen and oxygen atoms in total. The van der Waals surface area contributed by atoms with E-state index in [4.69, 9.17) is 14.2 Å². The Bertz CT molecular complexity index is 512. The quantitative estimate of drug-likeness (QED) is 0.394. The van der Waals surface area contributed by atoms with E-state index >= 15 is 0 Å². The van der Waals surface area contributed by atoms with Gasteiger partial charge in [-0.3, -0.25) is 0 Å². The standard InChI is InChI=1S/C21H32O3/c1-17(2)14-24-16-19(4)21-10-8-20(9-11-21)18(3)15-23-13-7-6-12-22-5/h8-11,15-17H,6-7,12-14H2,1-5H3. The monoisotopic (exact) mass is 332 g/mol. The maximum Gasteiger partial charge on any atom is 0.0896 e. The highest BCUT2D eigenvalue weighted by Gasteiger charge is 2.00. The highest BCUT2D eigenvalue weighted by atomic mass is 16.5. The molecule has 0 N–H and O–H groups in total. The molecule has 0 atom stereocenters. The Morgan fingerprint density at radius 1 is 0.875 bits per heavy atom. The van der Waals surface area contributed by atoms with Gasteiger partial charge >= 0.3 is 0 Å². The Morgan fingerprint density at radius 2 is 1.38 bits per heavy atom. The van der Waals surface area contributed by atoms with E-state index in [1.54, 1.807) is 7.11 Å². The van der Waals surface area contributed by atoms with Crippen LogP contribution in [-0.2, 0) is 14.2 Å². The molecule has 0 aromatic heterocycles. The molecule has 3 heteroatoms. The third-order valence-electron chi connectivity index (χ3n) is 3.61. The van der Waals surface area contributed by atoms with Crippen LogP contribution < -0.4 is 0 Å². The fourth-order valence-corrected chi connectivity index (χ4v) is 2.11. The summed E-state index contributed by atoms with van der Waals surface area (Å²) >= 11 is 0. The van der Waals surface area contributed by atoms with Crippen molar-refractivity contribution in [3.8, 4) is 0 Å². The highest BCUT2D eigenvalue weighted by Crippen LogP contribution is 2.19. The van der Waals surface area contributed by atoms with Crippen LogP contribution in [0.25, 0.3) is 11.1 Å². The lowest BCUT2D eigenvalue weighted by atomic mass is 10.0. The third-order valence-corrected chi connectivity index (χ3v) is 3.61. The molecule has 0 spiro atoms. The van der Waals surface area contributed by atoms with Gasteiger partial charge in [0.2, 0.25) is 0 Å². The van der Waals surface area contributed by atoms with Gasteiger partial charge in [-0.05, 0) is 54.9 Å². The van der Waals surface area contributed by atoms with Gasteiger partial charge in [0.15, 0.2) is 0 Å². The Kier molecular flexibility index (Phi) is 9.94. The predicted octanol–water partition coefficient (Wildman–Crippen LogP) is 5.52. The molecule has 0 fully saturated rings. The first-order chi connectivity index (χ1) is 11.5. The van der Waals surface area contributed by atoms with Crippen LogP contribution in [-0.4, -0.2) is 26.9 Å². The Hall–Kier alpha value is -1.74. The van der Waals surface area contributed by atoms with Crippen LogP contribution in [0.15, 0.2) is 36.8 Å². The van der Waals surface area contributed by atoms with Crippen molar-refractivity contribution in [2.45, 2.75) is 40.5 Å². The van der Waals surface area contributed by atoms with Crippen molar-refractivity contribution < 1.29 is 14.2 Å². The molecule has 0 amide bonds. The zero-order chi connectivity index (χ0) is 17.8. The minimum atomic E-state index is 0.540. The van der Waals surface area contributed by atoms with Crippen LogP contribution in [0.5, 0.6) is 0 Å². The summed E-state index contributed by atoms with van der Waals surface area (Å²) in [5, 5.41) is 0. The van der Waals surface area contributed by atoms with E-state index in [1.165, 1.54) is 11.1 Å². The molecule has 0 bridgehead atoms. The Morgan fingerprint density at radius 3 is 1.88 bits per heavy atom. The van der Waals surface area contributed by atoms with E-state index in [2.05, 4.69) is 52.0 Å². The summed E-state index contributed by atoms with van der Waals surface area (Å²) in [7, 11) is 1.72. The normalized spacial score (nSPS) is 12.6. The zero-order valence-electron chi connectivity index (χ0n) is 15.8. The smallest absolute Gasteiger partial charge is 0.0896 e. The largest absolute Gasteiger partial charge is 0.501 e. The van der Waals surface area contributed by atoms with Crippen molar-refractivity contribution in [1.82, 2.24) is 0 Å². The molecule has 0 heterocycles. The van der Waals surface area contributed by atoms with E-state index in [1.807, 2.05) is 12.5 Å². The molecule has 0 aliphatic carbocycles. The number of ether oxygens (including phenoxy) is 3. The van der Waals surface area contributed by atoms with E-state index in [0.29, 0.717) is 5.92 Å². The molecule has 0 aliphatic heterocycles. The molecule has 134 valence electrons. The minimum Gasteiger partial charge on any atom is -0.501 e. The first kappa shape index (κ1) is 20.3. The molecule has 1 aromatic rings. The number of methoxy groups -OCH3 is 1. The summed E-state index contributed by atoms with van der Waals surface area (Å²) in [6.07, 6.45) is 5.73. The molecular formula is C21H32O3. The summed E-state index contributed by atoms with van der Waals surface area (Å²) in [5.41, 5.74) is 4.62. The SMILES string of the molecule is COCCCCOC=C(C)c1ccc(C(C)=COCC(C)C)cc1. The fourth-order valence-electron chi connectivity index (χ4n) is 2.11. The summed E-state index contributed by atoms with van der Waals surface area (Å²) in [6, 6.07) is 8.48. The van der Waals surface area contributed by atoms with Gasteiger partial charge in [-0.2, -0.15) is 0 Å². The van der Waals surface area contributed by atoms with Gasteiger partial charge in [-0.25, -0.2) is 0 Å². The van der Waals surface area contributed by atoms with Gasteiger partial charge in [-0.15, -0.1) is 0 Å². The van der Waals surface area contributed by atoms with Crippen LogP contribution in [0, 0.1) is 5.92 Å². The Balaban J connectivity index is 2.50. The van der Waals surface area contributed by atoms with Crippen LogP contribution in [0.1, 0.15) is 51.7 Å². The highest BCUT2D eigenvalue weighted by molar-refractivity contribution is 5.68. The number of hydrogen-bond acceptors (Lipinski definition) is 3. The van der Waals surface area contributed by atoms with Crippen molar-refractivity contribution in [3.63, 3.8) is 0 Å². The van der Waals surface area contributed by atoms with Crippen LogP contribution in [0.4, 0.5) is 0 Å². The van der Waals surface area contributed by atoms with E-state index in [-0.39, 0.29) is 0 Å². The first-order valence-corrected chi connectivity index (χ1v) is 8.71. The van der Waals surface area contributed by atoms with Crippen molar-refractivity contribution >= 4 is 11.1 Å². The summed E-state index contributed by atoms with van der Waals surface area (Å²) in [6.45, 7) is 10.7. The lowest BCUT2D eigenvalue weighted by molar-refractivity contribution is 0.175. The fraction of sp³-hybridized carbons (Fsp3) is 0.524. The third kappa shape index (κ3) is 8.21. The second-order valence-electron chi connectivity index (χ2n) is 6.48. The molecule has 0 radical (unpaired) electrons. The summed E-state index contributed by atoms with van der Waals surface area (Å²) < 4.78 is 16.2. The van der Waals surface area contributed by atoms with Crippen LogP contribution in [0.2, 0.25) is 0 Å². The van der Waals surface area contributed by atoms with Gasteiger partial charge < -0.3 is 14.2 Å². The number of benzene rings is 1. The molecular weight excluding hydrogens is 300 g/mol. The second kappa shape index (κ2) is 11.7. The van der Waals surface area contributed by atoms with Gasteiger partial charge in [0, 0.05) is 13.7 Å². The maximum absolute atomic E-state index is 5.60. The van der Waals surface area contributed by atoms with E-state index in [0.717, 1.165) is 43.8 Å². The molecule has 1 aromatic carbocycles. The number of rotatable bonds is 11. The summed E-state index contributed by atoms with van der Waals surface area (Å²) in [4.78, 5) is 0. The maximum atomic E-state index is 5.60. The molecule has 24 heavy (non-hydrogen) atoms. The van der Waals surface area contributed by atoms with Crippen LogP contribution >= 0.6 is 0 Å². The van der Waals surface area contributed by atoms with Gasteiger partial charge in [-0.1, -0.05) is 38.1 Å². The molecule has 0 saturated carbocycles.